The summed E-state index contributed by atoms with van der Waals surface area (Å²) in [7, 11) is 1.50. The topological polar surface area (TPSA) is 73.2 Å². The highest BCUT2D eigenvalue weighted by Gasteiger charge is 2.18. The quantitative estimate of drug-likeness (QED) is 0.371. The number of nitrogens with one attached hydrogen (secondary N) is 1. The third-order valence-corrected chi connectivity index (χ3v) is 5.51. The van der Waals surface area contributed by atoms with Gasteiger partial charge in [-0.1, -0.05) is 41.4 Å². The molecule has 0 aliphatic heterocycles. The smallest absolute Gasteiger partial charge is 0.266 e. The molecule has 3 aromatic rings. The third kappa shape index (κ3) is 4.39. The van der Waals surface area contributed by atoms with Crippen LogP contribution in [0.3, 0.4) is 0 Å². The van der Waals surface area contributed by atoms with Crippen LogP contribution in [-0.4, -0.2) is 34.9 Å². The number of thioether (sulfide) groups is 1. The van der Waals surface area contributed by atoms with Crippen molar-refractivity contribution in [1.82, 2.24) is 14.9 Å². The molecule has 0 aliphatic rings. The first-order chi connectivity index (χ1) is 14.0. The molecule has 6 nitrogen and oxygen atoms in total. The zero-order valence-electron chi connectivity index (χ0n) is 15.9. The maximum atomic E-state index is 13.3. The van der Waals surface area contributed by atoms with Gasteiger partial charge in [-0.15, -0.1) is 6.42 Å². The van der Waals surface area contributed by atoms with Crippen LogP contribution in [0.1, 0.15) is 5.56 Å². The Bertz CT molecular complexity index is 1180. The van der Waals surface area contributed by atoms with Crippen LogP contribution in [-0.2, 0) is 4.79 Å². The molecule has 1 heterocycles. The van der Waals surface area contributed by atoms with Crippen molar-refractivity contribution in [2.45, 2.75) is 12.1 Å². The number of amides is 1. The van der Waals surface area contributed by atoms with E-state index in [0.717, 1.165) is 17.3 Å². The lowest BCUT2D eigenvalue weighted by atomic mass is 10.2. The van der Waals surface area contributed by atoms with Crippen molar-refractivity contribution in [3.05, 3.63) is 57.3 Å². The summed E-state index contributed by atoms with van der Waals surface area (Å²) < 4.78 is 6.90. The molecule has 2 aromatic carbocycles. The number of para-hydroxylation sites is 1. The normalized spacial score (nSPS) is 10.6. The van der Waals surface area contributed by atoms with Crippen molar-refractivity contribution in [2.75, 3.05) is 19.4 Å². The number of aromatic nitrogens is 2. The minimum Gasteiger partial charge on any atom is -0.495 e. The van der Waals surface area contributed by atoms with Crippen LogP contribution in [0, 0.1) is 19.3 Å². The van der Waals surface area contributed by atoms with Crippen LogP contribution in [0.4, 0.5) is 0 Å². The number of rotatable bonds is 6. The fourth-order valence-corrected chi connectivity index (χ4v) is 3.73. The molecule has 1 N–H and O–H groups in total. The third-order valence-electron chi connectivity index (χ3n) is 4.17. The van der Waals surface area contributed by atoms with E-state index in [4.69, 9.17) is 22.8 Å². The highest BCUT2D eigenvalue weighted by Crippen LogP contribution is 2.31. The first-order valence-corrected chi connectivity index (χ1v) is 10.0. The van der Waals surface area contributed by atoms with Crippen molar-refractivity contribution in [3.63, 3.8) is 0 Å². The number of ether oxygens (including phenoxy) is 1. The number of methoxy groups -OCH3 is 1. The zero-order chi connectivity index (χ0) is 21.0. The van der Waals surface area contributed by atoms with Gasteiger partial charge in [-0.2, -0.15) is 0 Å². The summed E-state index contributed by atoms with van der Waals surface area (Å²) >= 11 is 7.36. The summed E-state index contributed by atoms with van der Waals surface area (Å²) in [5.41, 5.74) is 1.57. The predicted octanol–water partition coefficient (Wildman–Crippen LogP) is 3.20. The molecule has 0 radical (unpaired) electrons. The average molecular weight is 428 g/mol. The minimum atomic E-state index is -0.262. The van der Waals surface area contributed by atoms with E-state index in [-0.39, 0.29) is 23.8 Å². The summed E-state index contributed by atoms with van der Waals surface area (Å²) in [6.45, 7) is 1.98. The number of halogens is 1. The lowest BCUT2D eigenvalue weighted by Gasteiger charge is -2.17. The molecule has 0 saturated carbocycles. The van der Waals surface area contributed by atoms with Crippen LogP contribution < -0.4 is 15.6 Å². The maximum absolute atomic E-state index is 13.3. The fourth-order valence-electron chi connectivity index (χ4n) is 2.74. The average Bonchev–Trinajstić information content (AvgIpc) is 2.72. The molecule has 1 amide bonds. The van der Waals surface area contributed by atoms with Gasteiger partial charge in [0.1, 0.15) is 5.75 Å². The Hall–Kier alpha value is -2.95. The molecule has 29 heavy (non-hydrogen) atoms. The van der Waals surface area contributed by atoms with Crippen molar-refractivity contribution >= 4 is 40.2 Å². The molecular weight excluding hydrogens is 410 g/mol. The van der Waals surface area contributed by atoms with Gasteiger partial charge in [-0.3, -0.25) is 14.2 Å². The first kappa shape index (κ1) is 20.8. The second kappa shape index (κ2) is 9.03. The van der Waals surface area contributed by atoms with Crippen molar-refractivity contribution in [3.8, 4) is 23.8 Å². The van der Waals surface area contributed by atoms with Gasteiger partial charge < -0.3 is 10.1 Å². The van der Waals surface area contributed by atoms with E-state index in [1.807, 2.05) is 6.92 Å². The molecule has 3 rings (SSSR count). The molecule has 0 unspecified atom stereocenters. The van der Waals surface area contributed by atoms with Gasteiger partial charge in [0, 0.05) is 11.1 Å². The Kier molecular flexibility index (Phi) is 6.47. The van der Waals surface area contributed by atoms with Crippen molar-refractivity contribution < 1.29 is 9.53 Å². The Morgan fingerprint density at radius 3 is 2.86 bits per heavy atom. The van der Waals surface area contributed by atoms with Gasteiger partial charge in [-0.05, 0) is 30.7 Å². The predicted molar refractivity (Wildman–Crippen MR) is 116 cm³/mol. The number of carbonyl (C=O) groups is 1. The van der Waals surface area contributed by atoms with E-state index in [1.54, 1.807) is 36.4 Å². The van der Waals surface area contributed by atoms with Crippen LogP contribution >= 0.6 is 23.4 Å². The highest BCUT2D eigenvalue weighted by atomic mass is 35.5. The number of hydrogen-bond donors (Lipinski definition) is 1. The zero-order valence-corrected chi connectivity index (χ0v) is 17.4. The SMILES string of the molecule is C#CCNC(=O)CSc1nc2ccccc2c(=O)n1-c1cc(C)c(Cl)cc1OC. The second-order valence-electron chi connectivity index (χ2n) is 6.09. The lowest BCUT2D eigenvalue weighted by molar-refractivity contribution is -0.118. The van der Waals surface area contributed by atoms with Gasteiger partial charge in [-0.25, -0.2) is 4.98 Å². The number of terminal acetylenes is 1. The minimum absolute atomic E-state index is 0.0569. The number of carbonyl (C=O) groups excluding carboxylic acids is 1. The standard InChI is InChI=1S/C21H18ClN3O3S/c1-4-9-23-19(26)12-29-21-24-16-8-6-5-7-14(16)20(27)25(21)17-10-13(2)15(22)11-18(17)28-3/h1,5-8,10-11H,9,12H2,2-3H3,(H,23,26). The van der Waals surface area contributed by atoms with Crippen molar-refractivity contribution in [2.24, 2.45) is 0 Å². The number of hydrogen-bond acceptors (Lipinski definition) is 5. The van der Waals surface area contributed by atoms with Gasteiger partial charge in [0.25, 0.3) is 5.56 Å². The van der Waals surface area contributed by atoms with E-state index in [1.165, 1.54) is 11.7 Å². The van der Waals surface area contributed by atoms with Crippen LogP contribution in [0.15, 0.2) is 46.3 Å². The lowest BCUT2D eigenvalue weighted by Crippen LogP contribution is -2.27. The molecule has 0 spiro atoms. The van der Waals surface area contributed by atoms with Gasteiger partial charge in [0.05, 0.1) is 36.0 Å². The molecule has 148 valence electrons. The van der Waals surface area contributed by atoms with E-state index in [2.05, 4.69) is 16.2 Å². The number of aryl methyl sites for hydroxylation is 1. The summed E-state index contributed by atoms with van der Waals surface area (Å²) in [4.78, 5) is 29.9. The number of benzene rings is 2. The molecule has 8 heteroatoms. The molecule has 1 aromatic heterocycles. The molecule has 0 atom stereocenters. The van der Waals surface area contributed by atoms with E-state index in [9.17, 15) is 9.59 Å². The summed E-state index contributed by atoms with van der Waals surface area (Å²) in [5, 5.41) is 3.95. The monoisotopic (exact) mass is 427 g/mol. The molecular formula is C21H18ClN3O3S. The van der Waals surface area contributed by atoms with Gasteiger partial charge in [0.15, 0.2) is 5.16 Å². The highest BCUT2D eigenvalue weighted by molar-refractivity contribution is 7.99. The molecule has 0 bridgehead atoms. The van der Waals surface area contributed by atoms with E-state index >= 15 is 0 Å². The second-order valence-corrected chi connectivity index (χ2v) is 7.44. The van der Waals surface area contributed by atoms with Gasteiger partial charge in [0.2, 0.25) is 5.91 Å². The Labute approximate surface area is 177 Å². The Morgan fingerprint density at radius 2 is 2.14 bits per heavy atom. The summed E-state index contributed by atoms with van der Waals surface area (Å²) in [6, 6.07) is 10.5. The van der Waals surface area contributed by atoms with Crippen LogP contribution in [0.5, 0.6) is 5.75 Å². The Balaban J connectivity index is 2.18. The van der Waals surface area contributed by atoms with E-state index < -0.39 is 0 Å². The van der Waals surface area contributed by atoms with Crippen LogP contribution in [0.25, 0.3) is 16.6 Å². The largest absolute Gasteiger partial charge is 0.495 e. The maximum Gasteiger partial charge on any atom is 0.266 e. The fraction of sp³-hybridized carbons (Fsp3) is 0.190. The Morgan fingerprint density at radius 1 is 1.38 bits per heavy atom. The molecule has 0 fully saturated rings. The summed E-state index contributed by atoms with van der Waals surface area (Å²) in [6.07, 6.45) is 5.17. The number of nitrogens with zero attached hydrogens (tertiary/aromatic N) is 2. The number of fused-ring (bicyclic) bond motifs is 1. The van der Waals surface area contributed by atoms with E-state index in [0.29, 0.717) is 32.5 Å². The first-order valence-electron chi connectivity index (χ1n) is 8.65. The van der Waals surface area contributed by atoms with Crippen molar-refractivity contribution in [1.29, 1.82) is 0 Å². The van der Waals surface area contributed by atoms with Gasteiger partial charge >= 0.3 is 0 Å². The van der Waals surface area contributed by atoms with Crippen LogP contribution in [0.2, 0.25) is 5.02 Å². The molecule has 0 aliphatic carbocycles. The molecule has 0 saturated heterocycles. The summed E-state index contributed by atoms with van der Waals surface area (Å²) in [5.74, 6) is 2.59.